The zero-order chi connectivity index (χ0) is 18.0. The molecule has 0 aliphatic carbocycles. The van der Waals surface area contributed by atoms with Crippen molar-refractivity contribution in [2.45, 2.75) is 45.9 Å². The highest BCUT2D eigenvalue weighted by Gasteiger charge is 2.40. The second kappa shape index (κ2) is 5.73. The van der Waals surface area contributed by atoms with E-state index in [1.54, 1.807) is 0 Å². The largest absolute Gasteiger partial charge is 0.454 e. The predicted octanol–water partition coefficient (Wildman–Crippen LogP) is 4.14. The predicted molar refractivity (Wildman–Crippen MR) is 99.8 cm³/mol. The van der Waals surface area contributed by atoms with Crippen LogP contribution in [-0.4, -0.2) is 25.3 Å². The van der Waals surface area contributed by atoms with E-state index in [1.165, 1.54) is 38.9 Å². The first-order chi connectivity index (χ1) is 12.6. The van der Waals surface area contributed by atoms with Gasteiger partial charge in [-0.1, -0.05) is 12.1 Å². The first-order valence-corrected chi connectivity index (χ1v) is 9.39. The number of fused-ring (bicyclic) bond motifs is 3. The topological polar surface area (TPSA) is 30.9 Å². The average molecular weight is 351 g/mol. The molecule has 0 aromatic heterocycles. The molecule has 136 valence electrons. The molecule has 1 unspecified atom stereocenters. The molecule has 3 aliphatic heterocycles. The van der Waals surface area contributed by atoms with Gasteiger partial charge in [0.2, 0.25) is 6.79 Å². The maximum Gasteiger partial charge on any atom is 0.231 e. The minimum absolute atomic E-state index is 0.0624. The Morgan fingerprint density at radius 1 is 1.08 bits per heavy atom. The van der Waals surface area contributed by atoms with Gasteiger partial charge in [-0.2, -0.15) is 0 Å². The van der Waals surface area contributed by atoms with E-state index in [0.717, 1.165) is 24.5 Å². The van der Waals surface area contributed by atoms with Gasteiger partial charge in [-0.25, -0.2) is 0 Å². The Kier molecular flexibility index (Phi) is 3.56. The fourth-order valence-corrected chi connectivity index (χ4v) is 4.82. The Morgan fingerprint density at radius 2 is 1.92 bits per heavy atom. The normalized spacial score (nSPS) is 23.8. The minimum atomic E-state index is 0.0624. The van der Waals surface area contributed by atoms with Crippen molar-refractivity contribution in [1.82, 2.24) is 4.90 Å². The fraction of sp³-hybridized carbons (Fsp3) is 0.455. The first kappa shape index (κ1) is 16.2. The molecule has 0 spiro atoms. The summed E-state index contributed by atoms with van der Waals surface area (Å²) in [7, 11) is 2.21. The number of hydrogen-bond donors (Lipinski definition) is 0. The van der Waals surface area contributed by atoms with Crippen molar-refractivity contribution < 1.29 is 14.2 Å². The molecule has 26 heavy (non-hydrogen) atoms. The fourth-order valence-electron chi connectivity index (χ4n) is 4.82. The van der Waals surface area contributed by atoms with Gasteiger partial charge in [0.25, 0.3) is 0 Å². The Labute approximate surface area is 154 Å². The van der Waals surface area contributed by atoms with Gasteiger partial charge in [0.1, 0.15) is 6.10 Å². The summed E-state index contributed by atoms with van der Waals surface area (Å²) in [5, 5.41) is 0. The van der Waals surface area contributed by atoms with Crippen LogP contribution in [0.4, 0.5) is 0 Å². The summed E-state index contributed by atoms with van der Waals surface area (Å²) >= 11 is 0. The van der Waals surface area contributed by atoms with Crippen molar-refractivity contribution in [2.24, 2.45) is 0 Å². The average Bonchev–Trinajstić information content (AvgIpc) is 3.26. The smallest absolute Gasteiger partial charge is 0.231 e. The summed E-state index contributed by atoms with van der Waals surface area (Å²) < 4.78 is 17.8. The monoisotopic (exact) mass is 351 g/mol. The molecule has 4 nitrogen and oxygen atoms in total. The van der Waals surface area contributed by atoms with Crippen LogP contribution in [0.25, 0.3) is 0 Å². The lowest BCUT2D eigenvalue weighted by molar-refractivity contribution is -0.00403. The highest BCUT2D eigenvalue weighted by Crippen LogP contribution is 2.50. The van der Waals surface area contributed by atoms with Crippen LogP contribution < -0.4 is 9.47 Å². The molecule has 4 heteroatoms. The van der Waals surface area contributed by atoms with Crippen molar-refractivity contribution in [3.63, 3.8) is 0 Å². The van der Waals surface area contributed by atoms with Crippen LogP contribution in [0.15, 0.2) is 18.2 Å². The Morgan fingerprint density at radius 3 is 2.77 bits per heavy atom. The summed E-state index contributed by atoms with van der Waals surface area (Å²) in [6.07, 6.45) is 1.10. The van der Waals surface area contributed by atoms with Crippen LogP contribution in [0.3, 0.4) is 0 Å². The SMILES string of the molecule is Cc1ccc2c(c1C)CO[C@@H]2C1c2c(cc3c(c2C)OCO3)CCN1C. The van der Waals surface area contributed by atoms with Crippen molar-refractivity contribution in [3.05, 3.63) is 57.1 Å². The van der Waals surface area contributed by atoms with Gasteiger partial charge in [-0.15, -0.1) is 0 Å². The van der Waals surface area contributed by atoms with Gasteiger partial charge in [0, 0.05) is 12.1 Å². The van der Waals surface area contributed by atoms with Crippen LogP contribution in [0.5, 0.6) is 11.5 Å². The molecule has 3 aliphatic rings. The molecule has 0 fully saturated rings. The quantitative estimate of drug-likeness (QED) is 0.773. The molecule has 0 saturated heterocycles. The number of ether oxygens (including phenoxy) is 3. The van der Waals surface area contributed by atoms with E-state index in [0.29, 0.717) is 13.4 Å². The molecular weight excluding hydrogens is 326 g/mol. The van der Waals surface area contributed by atoms with E-state index < -0.39 is 0 Å². The molecule has 0 bridgehead atoms. The lowest BCUT2D eigenvalue weighted by atomic mass is 9.83. The highest BCUT2D eigenvalue weighted by atomic mass is 16.7. The second-order valence-corrected chi connectivity index (χ2v) is 7.79. The van der Waals surface area contributed by atoms with Crippen LogP contribution in [0, 0.1) is 20.8 Å². The third-order valence-electron chi connectivity index (χ3n) is 6.45. The summed E-state index contributed by atoms with van der Waals surface area (Å²) in [4.78, 5) is 2.44. The number of nitrogens with zero attached hydrogens (tertiary/aromatic N) is 1. The number of rotatable bonds is 1. The van der Waals surface area contributed by atoms with Crippen molar-refractivity contribution in [2.75, 3.05) is 20.4 Å². The van der Waals surface area contributed by atoms with Gasteiger partial charge < -0.3 is 14.2 Å². The maximum absolute atomic E-state index is 6.39. The molecule has 0 radical (unpaired) electrons. The van der Waals surface area contributed by atoms with Crippen LogP contribution >= 0.6 is 0 Å². The molecule has 2 atom stereocenters. The van der Waals surface area contributed by atoms with Crippen molar-refractivity contribution in [3.8, 4) is 11.5 Å². The minimum Gasteiger partial charge on any atom is -0.454 e. The third kappa shape index (κ3) is 2.15. The van der Waals surface area contributed by atoms with E-state index in [1.807, 2.05) is 0 Å². The Bertz CT molecular complexity index is 905. The molecule has 0 N–H and O–H groups in total. The van der Waals surface area contributed by atoms with Gasteiger partial charge in [-0.05, 0) is 73.7 Å². The highest BCUT2D eigenvalue weighted by molar-refractivity contribution is 5.57. The molecular formula is C22H25NO3. The van der Waals surface area contributed by atoms with Crippen LogP contribution in [0.2, 0.25) is 0 Å². The van der Waals surface area contributed by atoms with E-state index in [4.69, 9.17) is 14.2 Å². The van der Waals surface area contributed by atoms with E-state index >= 15 is 0 Å². The molecule has 3 heterocycles. The second-order valence-electron chi connectivity index (χ2n) is 7.79. The zero-order valence-corrected chi connectivity index (χ0v) is 15.9. The standard InChI is InChI=1S/C22H25NO3/c1-12-5-6-16-17(13(12)2)10-24-22(16)20-19-14(3)21-18(25-11-26-21)9-15(19)7-8-23(20)4/h5-6,9,20,22H,7-8,10-11H2,1-4H3/t20?,22-/m0/s1. The number of likely N-dealkylation sites (N-methyl/N-ethyl adjacent to an activating group) is 1. The van der Waals surface area contributed by atoms with Crippen LogP contribution in [-0.2, 0) is 17.8 Å². The summed E-state index contributed by atoms with van der Waals surface area (Å²) in [5.41, 5.74) is 9.35. The summed E-state index contributed by atoms with van der Waals surface area (Å²) in [6.45, 7) is 8.60. The van der Waals surface area contributed by atoms with Gasteiger partial charge in [0.05, 0.1) is 12.6 Å². The summed E-state index contributed by atoms with van der Waals surface area (Å²) in [6, 6.07) is 6.88. The Hall–Kier alpha value is -2.04. The number of benzene rings is 2. The van der Waals surface area contributed by atoms with Gasteiger partial charge in [-0.3, -0.25) is 4.90 Å². The summed E-state index contributed by atoms with van der Waals surface area (Å²) in [5.74, 6) is 1.80. The lowest BCUT2D eigenvalue weighted by Gasteiger charge is -2.39. The van der Waals surface area contributed by atoms with Gasteiger partial charge >= 0.3 is 0 Å². The van der Waals surface area contributed by atoms with E-state index in [-0.39, 0.29) is 12.1 Å². The number of aryl methyl sites for hydroxylation is 1. The maximum atomic E-state index is 6.39. The zero-order valence-electron chi connectivity index (χ0n) is 15.9. The third-order valence-corrected chi connectivity index (χ3v) is 6.45. The van der Waals surface area contributed by atoms with E-state index in [9.17, 15) is 0 Å². The van der Waals surface area contributed by atoms with Crippen molar-refractivity contribution >= 4 is 0 Å². The van der Waals surface area contributed by atoms with Gasteiger partial charge in [0.15, 0.2) is 11.5 Å². The molecule has 2 aromatic carbocycles. The lowest BCUT2D eigenvalue weighted by Crippen LogP contribution is -2.36. The molecule has 5 rings (SSSR count). The first-order valence-electron chi connectivity index (χ1n) is 9.39. The Balaban J connectivity index is 1.66. The molecule has 0 amide bonds. The number of hydrogen-bond acceptors (Lipinski definition) is 4. The van der Waals surface area contributed by atoms with E-state index in [2.05, 4.69) is 50.9 Å². The molecule has 2 aromatic rings. The van der Waals surface area contributed by atoms with Crippen molar-refractivity contribution in [1.29, 1.82) is 0 Å². The molecule has 0 saturated carbocycles. The van der Waals surface area contributed by atoms with Crippen LogP contribution in [0.1, 0.15) is 51.1 Å².